The van der Waals surface area contributed by atoms with E-state index in [2.05, 4.69) is 10.1 Å². The minimum atomic E-state index is -3.63. The Hall–Kier alpha value is -3.24. The van der Waals surface area contributed by atoms with Crippen molar-refractivity contribution in [3.05, 3.63) is 60.5 Å². The Morgan fingerprint density at radius 1 is 1.18 bits per heavy atom. The molecule has 0 spiro atoms. The highest BCUT2D eigenvalue weighted by Gasteiger charge is 2.34. The Morgan fingerprint density at radius 2 is 1.91 bits per heavy atom. The summed E-state index contributed by atoms with van der Waals surface area (Å²) in [7, 11) is -1.97. The number of benzene rings is 2. The molecule has 0 unspecified atom stereocenters. The van der Waals surface area contributed by atoms with Gasteiger partial charge in [0.05, 0.1) is 24.0 Å². The minimum Gasteiger partial charge on any atom is -0.494 e. The van der Waals surface area contributed by atoms with Gasteiger partial charge in [-0.15, -0.1) is 0 Å². The van der Waals surface area contributed by atoms with Gasteiger partial charge < -0.3 is 14.2 Å². The van der Waals surface area contributed by atoms with Gasteiger partial charge in [-0.25, -0.2) is 8.42 Å². The van der Waals surface area contributed by atoms with Crippen LogP contribution < -0.4 is 4.74 Å². The van der Waals surface area contributed by atoms with E-state index in [0.717, 1.165) is 11.3 Å². The van der Waals surface area contributed by atoms with E-state index in [-0.39, 0.29) is 23.9 Å². The molecule has 1 aliphatic rings. The molecule has 2 heterocycles. The van der Waals surface area contributed by atoms with E-state index in [1.54, 1.807) is 37.4 Å². The highest BCUT2D eigenvalue weighted by atomic mass is 32.2. The second kappa shape index (κ2) is 10.4. The van der Waals surface area contributed by atoms with Crippen molar-refractivity contribution in [1.29, 1.82) is 0 Å². The van der Waals surface area contributed by atoms with Crippen molar-refractivity contribution in [2.24, 2.45) is 5.92 Å². The zero-order chi connectivity index (χ0) is 24.1. The van der Waals surface area contributed by atoms with Gasteiger partial charge in [0.25, 0.3) is 0 Å². The van der Waals surface area contributed by atoms with Gasteiger partial charge in [-0.2, -0.15) is 9.29 Å². The number of ether oxygens (including phenoxy) is 1. The summed E-state index contributed by atoms with van der Waals surface area (Å²) in [6.07, 6.45) is 1.25. The molecule has 0 saturated carbocycles. The normalized spacial score (nSPS) is 16.8. The van der Waals surface area contributed by atoms with Gasteiger partial charge in [-0.05, 0) is 56.2 Å². The van der Waals surface area contributed by atoms with Gasteiger partial charge in [-0.3, -0.25) is 4.79 Å². The molecule has 1 fully saturated rings. The third-order valence-electron chi connectivity index (χ3n) is 5.75. The van der Waals surface area contributed by atoms with E-state index in [0.29, 0.717) is 37.7 Å². The number of hydrogen-bond donors (Lipinski definition) is 0. The Kier molecular flexibility index (Phi) is 7.28. The SMILES string of the molecule is CCOc1ccc(-c2noc(CN(C)C(=O)[C@H]3CCCN(S(=O)(=O)c4ccccc4)C3)n2)cc1. The van der Waals surface area contributed by atoms with Crippen LogP contribution in [0.5, 0.6) is 5.75 Å². The average molecular weight is 485 g/mol. The Bertz CT molecular complexity index is 1210. The molecule has 1 aliphatic heterocycles. The summed E-state index contributed by atoms with van der Waals surface area (Å²) >= 11 is 0. The summed E-state index contributed by atoms with van der Waals surface area (Å²) < 4.78 is 38.1. The van der Waals surface area contributed by atoms with Crippen molar-refractivity contribution in [3.63, 3.8) is 0 Å². The zero-order valence-electron chi connectivity index (χ0n) is 19.3. The highest BCUT2D eigenvalue weighted by Crippen LogP contribution is 2.25. The fraction of sp³-hybridized carbons (Fsp3) is 0.375. The second-order valence-electron chi connectivity index (χ2n) is 8.18. The number of rotatable bonds is 8. The summed E-state index contributed by atoms with van der Waals surface area (Å²) in [4.78, 5) is 19.2. The molecule has 10 heteroatoms. The molecule has 2 aromatic carbocycles. The lowest BCUT2D eigenvalue weighted by Crippen LogP contribution is -2.45. The summed E-state index contributed by atoms with van der Waals surface area (Å²) in [6.45, 7) is 3.21. The lowest BCUT2D eigenvalue weighted by Gasteiger charge is -2.33. The standard InChI is InChI=1S/C24H28N4O5S/c1-3-32-20-13-11-18(12-14-20)23-25-22(33-26-23)17-27(2)24(29)19-8-7-15-28(16-19)34(30,31)21-9-5-4-6-10-21/h4-6,9-14,19H,3,7-8,15-17H2,1-2H3/t19-/m0/s1. The van der Waals surface area contributed by atoms with Crippen LogP contribution in [0.4, 0.5) is 0 Å². The molecule has 4 rings (SSSR count). The predicted molar refractivity (Wildman–Crippen MR) is 125 cm³/mol. The fourth-order valence-corrected chi connectivity index (χ4v) is 5.54. The van der Waals surface area contributed by atoms with Crippen LogP contribution in [-0.2, 0) is 21.4 Å². The molecular weight excluding hydrogens is 456 g/mol. The van der Waals surface area contributed by atoms with E-state index in [1.165, 1.54) is 9.21 Å². The first-order valence-electron chi connectivity index (χ1n) is 11.2. The van der Waals surface area contributed by atoms with Crippen LogP contribution in [0.2, 0.25) is 0 Å². The Balaban J connectivity index is 1.39. The number of hydrogen-bond acceptors (Lipinski definition) is 7. The fourth-order valence-electron chi connectivity index (χ4n) is 4.00. The second-order valence-corrected chi connectivity index (χ2v) is 10.1. The van der Waals surface area contributed by atoms with Crippen molar-refractivity contribution in [2.75, 3.05) is 26.7 Å². The van der Waals surface area contributed by atoms with Crippen LogP contribution in [0, 0.1) is 5.92 Å². The Labute approximate surface area is 199 Å². The topological polar surface area (TPSA) is 106 Å². The van der Waals surface area contributed by atoms with Gasteiger partial charge in [0, 0.05) is 25.7 Å². The maximum absolute atomic E-state index is 13.1. The summed E-state index contributed by atoms with van der Waals surface area (Å²) in [6, 6.07) is 15.7. The van der Waals surface area contributed by atoms with Crippen LogP contribution in [-0.4, -0.2) is 60.4 Å². The number of amides is 1. The number of carbonyl (C=O) groups is 1. The summed E-state index contributed by atoms with van der Waals surface area (Å²) in [5, 5.41) is 4.01. The number of carbonyl (C=O) groups excluding carboxylic acids is 1. The maximum Gasteiger partial charge on any atom is 0.246 e. The Morgan fingerprint density at radius 3 is 2.62 bits per heavy atom. The maximum atomic E-state index is 13.1. The molecule has 1 amide bonds. The summed E-state index contributed by atoms with van der Waals surface area (Å²) in [5.41, 5.74) is 0.779. The zero-order valence-corrected chi connectivity index (χ0v) is 20.1. The van der Waals surface area contributed by atoms with Crippen LogP contribution in [0.25, 0.3) is 11.4 Å². The molecule has 3 aromatic rings. The molecule has 1 saturated heterocycles. The average Bonchev–Trinajstić information content (AvgIpc) is 3.33. The molecule has 0 radical (unpaired) electrons. The van der Waals surface area contributed by atoms with Gasteiger partial charge >= 0.3 is 0 Å². The van der Waals surface area contributed by atoms with Crippen molar-refractivity contribution in [2.45, 2.75) is 31.2 Å². The smallest absolute Gasteiger partial charge is 0.246 e. The van der Waals surface area contributed by atoms with E-state index >= 15 is 0 Å². The van der Waals surface area contributed by atoms with E-state index < -0.39 is 15.9 Å². The quantitative estimate of drug-likeness (QED) is 0.483. The molecule has 9 nitrogen and oxygen atoms in total. The first-order chi connectivity index (χ1) is 16.4. The number of sulfonamides is 1. The number of nitrogens with zero attached hydrogens (tertiary/aromatic N) is 4. The molecule has 34 heavy (non-hydrogen) atoms. The first-order valence-corrected chi connectivity index (χ1v) is 12.7. The molecular formula is C24H28N4O5S. The van der Waals surface area contributed by atoms with Gasteiger partial charge in [0.15, 0.2) is 0 Å². The number of aromatic nitrogens is 2. The van der Waals surface area contributed by atoms with E-state index in [4.69, 9.17) is 9.26 Å². The van der Waals surface area contributed by atoms with Crippen molar-refractivity contribution >= 4 is 15.9 Å². The molecule has 1 atom stereocenters. The largest absolute Gasteiger partial charge is 0.494 e. The van der Waals surface area contributed by atoms with Crippen LogP contribution in [0.3, 0.4) is 0 Å². The van der Waals surface area contributed by atoms with Gasteiger partial charge in [-0.1, -0.05) is 23.4 Å². The predicted octanol–water partition coefficient (Wildman–Crippen LogP) is 3.19. The van der Waals surface area contributed by atoms with Gasteiger partial charge in [0.1, 0.15) is 5.75 Å². The monoisotopic (exact) mass is 484 g/mol. The molecule has 1 aromatic heterocycles. The van der Waals surface area contributed by atoms with Crippen molar-refractivity contribution in [1.82, 2.24) is 19.3 Å². The van der Waals surface area contributed by atoms with E-state index in [1.807, 2.05) is 31.2 Å². The first kappa shape index (κ1) is 23.9. The molecule has 0 aliphatic carbocycles. The number of piperidine rings is 1. The highest BCUT2D eigenvalue weighted by molar-refractivity contribution is 7.89. The van der Waals surface area contributed by atoms with Crippen LogP contribution in [0.15, 0.2) is 64.0 Å². The summed E-state index contributed by atoms with van der Waals surface area (Å²) in [5.74, 6) is 0.927. The van der Waals surface area contributed by atoms with Crippen LogP contribution >= 0.6 is 0 Å². The third kappa shape index (κ3) is 5.28. The van der Waals surface area contributed by atoms with Crippen molar-refractivity contribution in [3.8, 4) is 17.1 Å². The van der Waals surface area contributed by atoms with Crippen LogP contribution in [0.1, 0.15) is 25.7 Å². The van der Waals surface area contributed by atoms with E-state index in [9.17, 15) is 13.2 Å². The molecule has 0 bridgehead atoms. The lowest BCUT2D eigenvalue weighted by atomic mass is 9.98. The minimum absolute atomic E-state index is 0.144. The van der Waals surface area contributed by atoms with Gasteiger partial charge in [0.2, 0.25) is 27.6 Å². The molecule has 0 N–H and O–H groups in total. The van der Waals surface area contributed by atoms with Crippen molar-refractivity contribution < 1.29 is 22.5 Å². The lowest BCUT2D eigenvalue weighted by molar-refractivity contribution is -0.136. The molecule has 180 valence electrons. The third-order valence-corrected chi connectivity index (χ3v) is 7.63.